The predicted octanol–water partition coefficient (Wildman–Crippen LogP) is 4.77. The number of benzene rings is 3. The molecular formula is C27H29BrO8S2. The fraction of sp³-hybridized carbons (Fsp3) is 0.259. The van der Waals surface area contributed by atoms with Gasteiger partial charge >= 0.3 is 11.9 Å². The van der Waals surface area contributed by atoms with Gasteiger partial charge in [0.1, 0.15) is 0 Å². The zero-order valence-corrected chi connectivity index (χ0v) is 24.9. The fourth-order valence-corrected chi connectivity index (χ4v) is 5.77. The molecule has 0 bridgehead atoms. The summed E-state index contributed by atoms with van der Waals surface area (Å²) < 4.78 is 55.7. The monoisotopic (exact) mass is 624 g/mol. The number of hydrogen-bond donors (Lipinski definition) is 0. The molecule has 0 aliphatic rings. The standard InChI is InChI=1S/C17H18O4S.C10H11BrO4S/c1-12-6-4-5-7-15(12)16-9-8-13(17(18)21-2)10-14(16)11-22(3,19)20;1-15-10(12)7-3-4-9(11)8(5-7)6-16(2,13)14/h4-10H,11H2,1-3H3;3-5H,6H2,1-2H3. The van der Waals surface area contributed by atoms with Gasteiger partial charge in [-0.15, -0.1) is 0 Å². The first-order valence-electron chi connectivity index (χ1n) is 11.1. The Kier molecular flexibility index (Phi) is 10.8. The number of hydrogen-bond acceptors (Lipinski definition) is 8. The summed E-state index contributed by atoms with van der Waals surface area (Å²) in [7, 11) is -3.77. The first-order valence-corrected chi connectivity index (χ1v) is 16.1. The van der Waals surface area contributed by atoms with E-state index in [4.69, 9.17) is 4.74 Å². The Bertz CT molecular complexity index is 1540. The zero-order valence-electron chi connectivity index (χ0n) is 21.6. The molecule has 0 heterocycles. The largest absolute Gasteiger partial charge is 0.465 e. The summed E-state index contributed by atoms with van der Waals surface area (Å²) >= 11 is 3.24. The summed E-state index contributed by atoms with van der Waals surface area (Å²) in [6.07, 6.45) is 2.32. The molecule has 0 aliphatic heterocycles. The summed E-state index contributed by atoms with van der Waals surface area (Å²) in [5.74, 6) is -1.20. The summed E-state index contributed by atoms with van der Waals surface area (Å²) in [5, 5.41) is 0. The van der Waals surface area contributed by atoms with Crippen LogP contribution in [-0.4, -0.2) is 55.5 Å². The molecule has 8 nitrogen and oxygen atoms in total. The minimum absolute atomic E-state index is 0.113. The molecule has 0 spiro atoms. The van der Waals surface area contributed by atoms with E-state index in [0.29, 0.717) is 26.7 Å². The lowest BCUT2D eigenvalue weighted by Crippen LogP contribution is -2.07. The molecule has 0 atom stereocenters. The Labute approximate surface area is 232 Å². The lowest BCUT2D eigenvalue weighted by Gasteiger charge is -2.13. The van der Waals surface area contributed by atoms with E-state index in [0.717, 1.165) is 22.9 Å². The van der Waals surface area contributed by atoms with Crippen molar-refractivity contribution in [3.05, 3.63) is 93.0 Å². The minimum Gasteiger partial charge on any atom is -0.465 e. The number of carbonyl (C=O) groups is 2. The molecule has 0 unspecified atom stereocenters. The molecule has 0 saturated heterocycles. The second kappa shape index (κ2) is 13.2. The van der Waals surface area contributed by atoms with E-state index in [1.54, 1.807) is 30.3 Å². The van der Waals surface area contributed by atoms with Crippen molar-refractivity contribution >= 4 is 47.5 Å². The average Bonchev–Trinajstić information content (AvgIpc) is 2.83. The van der Waals surface area contributed by atoms with Crippen LogP contribution in [0.2, 0.25) is 0 Å². The Morgan fingerprint density at radius 2 is 1.18 bits per heavy atom. The third kappa shape index (κ3) is 9.38. The van der Waals surface area contributed by atoms with E-state index >= 15 is 0 Å². The molecule has 0 saturated carbocycles. The molecular weight excluding hydrogens is 596 g/mol. The predicted molar refractivity (Wildman–Crippen MR) is 151 cm³/mol. The Balaban J connectivity index is 0.000000281. The van der Waals surface area contributed by atoms with Crippen molar-refractivity contribution in [3.8, 4) is 11.1 Å². The van der Waals surface area contributed by atoms with Gasteiger partial charge in [-0.1, -0.05) is 46.3 Å². The molecule has 38 heavy (non-hydrogen) atoms. The van der Waals surface area contributed by atoms with Crippen LogP contribution >= 0.6 is 15.9 Å². The maximum atomic E-state index is 11.7. The topological polar surface area (TPSA) is 121 Å². The molecule has 0 aliphatic carbocycles. The van der Waals surface area contributed by atoms with E-state index < -0.39 is 31.6 Å². The van der Waals surface area contributed by atoms with Gasteiger partial charge in [0.05, 0.1) is 36.9 Å². The highest BCUT2D eigenvalue weighted by Crippen LogP contribution is 2.29. The van der Waals surface area contributed by atoms with Gasteiger partial charge in [-0.2, -0.15) is 0 Å². The van der Waals surface area contributed by atoms with Crippen molar-refractivity contribution in [2.75, 3.05) is 26.7 Å². The van der Waals surface area contributed by atoms with Gasteiger partial charge in [0.25, 0.3) is 0 Å². The lowest BCUT2D eigenvalue weighted by atomic mass is 9.95. The van der Waals surface area contributed by atoms with Crippen LogP contribution < -0.4 is 0 Å². The number of sulfone groups is 2. The number of halogens is 1. The molecule has 0 N–H and O–H groups in total. The van der Waals surface area contributed by atoms with Crippen molar-refractivity contribution in [2.45, 2.75) is 18.4 Å². The van der Waals surface area contributed by atoms with Gasteiger partial charge in [0.15, 0.2) is 19.7 Å². The number of methoxy groups -OCH3 is 2. The van der Waals surface area contributed by atoms with Gasteiger partial charge in [-0.3, -0.25) is 0 Å². The second-order valence-electron chi connectivity index (χ2n) is 8.62. The average molecular weight is 626 g/mol. The van der Waals surface area contributed by atoms with E-state index in [1.165, 1.54) is 26.5 Å². The smallest absolute Gasteiger partial charge is 0.337 e. The van der Waals surface area contributed by atoms with Crippen LogP contribution in [0.25, 0.3) is 11.1 Å². The number of ether oxygens (including phenoxy) is 2. The molecule has 11 heteroatoms. The fourth-order valence-electron chi connectivity index (χ4n) is 3.59. The van der Waals surface area contributed by atoms with Crippen molar-refractivity contribution in [2.24, 2.45) is 0 Å². The van der Waals surface area contributed by atoms with Crippen molar-refractivity contribution in [1.82, 2.24) is 0 Å². The van der Waals surface area contributed by atoms with Crippen LogP contribution in [0.4, 0.5) is 0 Å². The van der Waals surface area contributed by atoms with Crippen molar-refractivity contribution in [1.29, 1.82) is 0 Å². The quantitative estimate of drug-likeness (QED) is 0.345. The van der Waals surface area contributed by atoms with Crippen LogP contribution in [-0.2, 0) is 40.7 Å². The first-order chi connectivity index (χ1) is 17.6. The number of rotatable bonds is 7. The molecule has 0 fully saturated rings. The van der Waals surface area contributed by atoms with Gasteiger partial charge < -0.3 is 9.47 Å². The number of carbonyl (C=O) groups excluding carboxylic acids is 2. The Hall–Kier alpha value is -3.02. The number of esters is 2. The first kappa shape index (κ1) is 31.2. The van der Waals surface area contributed by atoms with E-state index in [1.807, 2.05) is 31.2 Å². The molecule has 204 valence electrons. The van der Waals surface area contributed by atoms with Gasteiger partial charge in [0, 0.05) is 17.0 Å². The molecule has 0 amide bonds. The summed E-state index contributed by atoms with van der Waals surface area (Å²) in [5.41, 5.74) is 4.64. The third-order valence-electron chi connectivity index (χ3n) is 5.26. The van der Waals surface area contributed by atoms with E-state index in [-0.39, 0.29) is 11.5 Å². The summed E-state index contributed by atoms with van der Waals surface area (Å²) in [6.45, 7) is 1.97. The van der Waals surface area contributed by atoms with E-state index in [9.17, 15) is 26.4 Å². The van der Waals surface area contributed by atoms with Crippen molar-refractivity contribution in [3.63, 3.8) is 0 Å². The van der Waals surface area contributed by atoms with Gasteiger partial charge in [0.2, 0.25) is 0 Å². The summed E-state index contributed by atoms with van der Waals surface area (Å²) in [6, 6.07) is 17.5. The minimum atomic E-state index is -3.22. The van der Waals surface area contributed by atoms with E-state index in [2.05, 4.69) is 20.7 Å². The SMILES string of the molecule is COC(=O)c1ccc(-c2ccccc2C)c(CS(C)(=O)=O)c1.COC(=O)c1ccc(Br)c(CS(C)(=O)=O)c1. The van der Waals surface area contributed by atoms with Gasteiger partial charge in [-0.25, -0.2) is 26.4 Å². The maximum Gasteiger partial charge on any atom is 0.337 e. The molecule has 3 aromatic carbocycles. The highest BCUT2D eigenvalue weighted by molar-refractivity contribution is 9.10. The zero-order chi connectivity index (χ0) is 28.7. The Morgan fingerprint density at radius 3 is 1.68 bits per heavy atom. The molecule has 3 rings (SSSR count). The van der Waals surface area contributed by atoms with Crippen molar-refractivity contribution < 1.29 is 35.9 Å². The van der Waals surface area contributed by atoms with Crippen LogP contribution in [0.3, 0.4) is 0 Å². The highest BCUT2D eigenvalue weighted by Gasteiger charge is 2.16. The van der Waals surface area contributed by atoms with Crippen LogP contribution in [0.15, 0.2) is 65.1 Å². The van der Waals surface area contributed by atoms with Crippen LogP contribution in [0.1, 0.15) is 37.4 Å². The second-order valence-corrected chi connectivity index (χ2v) is 13.8. The molecule has 0 aromatic heterocycles. The Morgan fingerprint density at radius 1 is 0.711 bits per heavy atom. The maximum absolute atomic E-state index is 11.7. The normalized spacial score (nSPS) is 11.2. The summed E-state index contributed by atoms with van der Waals surface area (Å²) in [4.78, 5) is 22.9. The lowest BCUT2D eigenvalue weighted by molar-refractivity contribution is 0.0592. The highest BCUT2D eigenvalue weighted by atomic mass is 79.9. The number of aryl methyl sites for hydroxylation is 1. The van der Waals surface area contributed by atoms with Crippen LogP contribution in [0, 0.1) is 6.92 Å². The molecule has 3 aromatic rings. The van der Waals surface area contributed by atoms with Gasteiger partial charge in [-0.05, 0) is 65.1 Å². The van der Waals surface area contributed by atoms with Crippen LogP contribution in [0.5, 0.6) is 0 Å². The third-order valence-corrected chi connectivity index (χ3v) is 7.71. The molecule has 0 radical (unpaired) electrons.